The zero-order chi connectivity index (χ0) is 37.2. The number of carboxylic acid groups (broad SMARTS) is 1. The second kappa shape index (κ2) is 15.0. The molecule has 4 heterocycles. The lowest BCUT2D eigenvalue weighted by Gasteiger charge is -2.24. The summed E-state index contributed by atoms with van der Waals surface area (Å²) in [6.45, 7) is 9.05. The molecule has 13 heteroatoms. The first-order valence-corrected chi connectivity index (χ1v) is 17.9. The van der Waals surface area contributed by atoms with Gasteiger partial charge in [0, 0.05) is 56.9 Å². The van der Waals surface area contributed by atoms with E-state index in [9.17, 15) is 24.8 Å². The molecular formula is C40H42N8O5. The van der Waals surface area contributed by atoms with Crippen LogP contribution in [0.5, 0.6) is 0 Å². The van der Waals surface area contributed by atoms with Crippen molar-refractivity contribution in [3.63, 3.8) is 0 Å². The van der Waals surface area contributed by atoms with Crippen molar-refractivity contribution in [1.29, 1.82) is 5.26 Å². The minimum Gasteiger partial charge on any atom is -0.481 e. The zero-order valence-electron chi connectivity index (χ0n) is 30.0. The lowest BCUT2D eigenvalue weighted by molar-refractivity contribution is -0.141. The minimum atomic E-state index is -0.779. The first-order chi connectivity index (χ1) is 25.6. The number of carboxylic acids is 1. The van der Waals surface area contributed by atoms with E-state index in [0.717, 1.165) is 58.5 Å². The first kappa shape index (κ1) is 35.6. The van der Waals surface area contributed by atoms with Crippen molar-refractivity contribution < 1.29 is 23.9 Å². The Balaban J connectivity index is 1.11. The number of likely N-dealkylation sites (tertiary alicyclic amines) is 1. The smallest absolute Gasteiger partial charge is 0.307 e. The fourth-order valence-electron chi connectivity index (χ4n) is 7.51. The monoisotopic (exact) mass is 714 g/mol. The van der Waals surface area contributed by atoms with Crippen molar-refractivity contribution in [3.8, 4) is 28.7 Å². The Kier molecular flexibility index (Phi) is 10.1. The summed E-state index contributed by atoms with van der Waals surface area (Å²) in [5.41, 5.74) is 8.72. The number of anilines is 1. The number of rotatable bonds is 11. The van der Waals surface area contributed by atoms with E-state index in [-0.39, 0.29) is 23.8 Å². The van der Waals surface area contributed by atoms with Crippen LogP contribution in [0.2, 0.25) is 0 Å². The van der Waals surface area contributed by atoms with Gasteiger partial charge < -0.3 is 25.5 Å². The van der Waals surface area contributed by atoms with E-state index in [1.807, 2.05) is 67.1 Å². The van der Waals surface area contributed by atoms with Gasteiger partial charge in [0.2, 0.25) is 11.8 Å². The van der Waals surface area contributed by atoms with E-state index in [1.165, 1.54) is 6.92 Å². The molecule has 7 rings (SSSR count). The maximum atomic E-state index is 13.6. The summed E-state index contributed by atoms with van der Waals surface area (Å²) >= 11 is 0. The van der Waals surface area contributed by atoms with Gasteiger partial charge in [-0.2, -0.15) is 10.4 Å². The van der Waals surface area contributed by atoms with Gasteiger partial charge in [0.05, 0.1) is 17.2 Å². The van der Waals surface area contributed by atoms with Crippen molar-refractivity contribution >= 4 is 34.6 Å². The standard InChI is InChI=1S/C40H42N8O5/c1-23-29(7-4-9-31(23)39-45-34-18-26(17-28(20-41)37(34)53-39)21-47-16-12-27(22-47)40(51)52)30-8-5-10-32(24(30)2)44-38(50)35-19-36-33(11-6-15-48(36)46-35)43-14-13-42-25(3)49/h4-5,7-10,17-19,27,33,43H,6,11-16,21-22H2,1-3H3,(H,42,49)(H,44,50)(H,51,52)/t27-,33?/m1/s1. The lowest BCUT2D eigenvalue weighted by atomic mass is 9.93. The number of nitrogens with zero attached hydrogens (tertiary/aromatic N) is 5. The van der Waals surface area contributed by atoms with Crippen LogP contribution in [0.15, 0.2) is 59.0 Å². The molecule has 2 atom stereocenters. The highest BCUT2D eigenvalue weighted by Crippen LogP contribution is 2.37. The molecule has 0 spiro atoms. The SMILES string of the molecule is CC(=O)NCCNC1CCCn2nc(C(=O)Nc3cccc(-c4cccc(-c5nc6cc(CN7CC[C@@H](C(=O)O)C7)cc(C#N)c6o5)c4C)c3C)cc21. The molecule has 0 aliphatic carbocycles. The predicted octanol–water partition coefficient (Wildman–Crippen LogP) is 5.57. The minimum absolute atomic E-state index is 0.0464. The highest BCUT2D eigenvalue weighted by atomic mass is 16.4. The van der Waals surface area contributed by atoms with E-state index in [1.54, 1.807) is 6.07 Å². The molecule has 0 bridgehead atoms. The van der Waals surface area contributed by atoms with Gasteiger partial charge in [-0.15, -0.1) is 0 Å². The molecule has 13 nitrogen and oxygen atoms in total. The zero-order valence-corrected chi connectivity index (χ0v) is 30.0. The number of carbonyl (C=O) groups is 3. The van der Waals surface area contributed by atoms with Crippen LogP contribution in [-0.2, 0) is 22.7 Å². The molecule has 272 valence electrons. The summed E-state index contributed by atoms with van der Waals surface area (Å²) in [6, 6.07) is 19.6. The normalized spacial score (nSPS) is 17.0. The number of carbonyl (C=O) groups excluding carboxylic acids is 2. The van der Waals surface area contributed by atoms with Crippen LogP contribution < -0.4 is 16.0 Å². The van der Waals surface area contributed by atoms with Crippen molar-refractivity contribution in [3.05, 3.63) is 88.2 Å². The van der Waals surface area contributed by atoms with E-state index in [4.69, 9.17) is 9.40 Å². The number of amides is 2. The van der Waals surface area contributed by atoms with E-state index < -0.39 is 5.97 Å². The number of nitrogens with one attached hydrogen (secondary N) is 3. The molecule has 53 heavy (non-hydrogen) atoms. The van der Waals surface area contributed by atoms with Gasteiger partial charge in [0.1, 0.15) is 11.6 Å². The van der Waals surface area contributed by atoms with Crippen molar-refractivity contribution in [1.82, 2.24) is 30.3 Å². The molecule has 1 unspecified atom stereocenters. The van der Waals surface area contributed by atoms with Gasteiger partial charge in [-0.3, -0.25) is 24.0 Å². The summed E-state index contributed by atoms with van der Waals surface area (Å²) in [6.07, 6.45) is 2.47. The molecule has 5 aromatic rings. The number of hydrogen-bond donors (Lipinski definition) is 4. The molecule has 4 N–H and O–H groups in total. The van der Waals surface area contributed by atoms with Gasteiger partial charge in [0.25, 0.3) is 5.91 Å². The fourth-order valence-corrected chi connectivity index (χ4v) is 7.51. The number of hydrogen-bond acceptors (Lipinski definition) is 9. The Morgan fingerprint density at radius 1 is 1.00 bits per heavy atom. The van der Waals surface area contributed by atoms with Gasteiger partial charge in [-0.05, 0) is 97.8 Å². The second-order valence-electron chi connectivity index (χ2n) is 13.9. The number of nitriles is 1. The number of aromatic nitrogens is 3. The Hall–Kier alpha value is -5.84. The number of fused-ring (bicyclic) bond motifs is 2. The fraction of sp³-hybridized carbons (Fsp3) is 0.350. The average Bonchev–Trinajstić information content (AvgIpc) is 3.90. The first-order valence-electron chi connectivity index (χ1n) is 17.9. The van der Waals surface area contributed by atoms with E-state index in [0.29, 0.717) is 73.1 Å². The second-order valence-corrected chi connectivity index (χ2v) is 13.9. The molecule has 2 aliphatic rings. The average molecular weight is 715 g/mol. The maximum absolute atomic E-state index is 13.6. The summed E-state index contributed by atoms with van der Waals surface area (Å²) in [5.74, 6) is -1.12. The number of aliphatic carboxylic acids is 1. The van der Waals surface area contributed by atoms with Crippen molar-refractivity contribution in [2.24, 2.45) is 5.92 Å². The van der Waals surface area contributed by atoms with E-state index in [2.05, 4.69) is 32.0 Å². The third-order valence-electron chi connectivity index (χ3n) is 10.3. The van der Waals surface area contributed by atoms with Gasteiger partial charge in [0.15, 0.2) is 11.3 Å². The third-order valence-corrected chi connectivity index (χ3v) is 10.3. The molecule has 2 amide bonds. The Bertz CT molecular complexity index is 2270. The predicted molar refractivity (Wildman–Crippen MR) is 199 cm³/mol. The molecule has 2 aromatic heterocycles. The summed E-state index contributed by atoms with van der Waals surface area (Å²) < 4.78 is 8.14. The largest absolute Gasteiger partial charge is 0.481 e. The summed E-state index contributed by atoms with van der Waals surface area (Å²) in [5, 5.41) is 33.4. The molecule has 1 saturated heterocycles. The molecular weight excluding hydrogens is 672 g/mol. The highest BCUT2D eigenvalue weighted by molar-refractivity contribution is 6.04. The summed E-state index contributed by atoms with van der Waals surface area (Å²) in [4.78, 5) is 43.1. The highest BCUT2D eigenvalue weighted by Gasteiger charge is 2.29. The molecule has 2 aliphatic heterocycles. The van der Waals surface area contributed by atoms with Crippen LogP contribution in [-0.4, -0.2) is 68.7 Å². The molecule has 3 aromatic carbocycles. The van der Waals surface area contributed by atoms with Gasteiger partial charge >= 0.3 is 5.97 Å². The van der Waals surface area contributed by atoms with Crippen LogP contribution in [0.1, 0.15) is 70.7 Å². The Morgan fingerprint density at radius 2 is 1.77 bits per heavy atom. The third kappa shape index (κ3) is 7.42. The molecule has 0 radical (unpaired) electrons. The number of aryl methyl sites for hydroxylation is 1. The van der Waals surface area contributed by atoms with Gasteiger partial charge in [-0.1, -0.05) is 24.3 Å². The van der Waals surface area contributed by atoms with Crippen LogP contribution >= 0.6 is 0 Å². The quantitative estimate of drug-likeness (QED) is 0.127. The Labute approximate surface area is 307 Å². The van der Waals surface area contributed by atoms with Crippen LogP contribution in [0.3, 0.4) is 0 Å². The summed E-state index contributed by atoms with van der Waals surface area (Å²) in [7, 11) is 0. The number of oxazole rings is 1. The van der Waals surface area contributed by atoms with Crippen molar-refractivity contribution in [2.45, 2.75) is 59.2 Å². The lowest BCUT2D eigenvalue weighted by Crippen LogP contribution is -2.34. The van der Waals surface area contributed by atoms with Crippen LogP contribution in [0.25, 0.3) is 33.7 Å². The van der Waals surface area contributed by atoms with Crippen molar-refractivity contribution in [2.75, 3.05) is 31.5 Å². The van der Waals surface area contributed by atoms with Crippen LogP contribution in [0, 0.1) is 31.1 Å². The maximum Gasteiger partial charge on any atom is 0.307 e. The molecule has 1 fully saturated rings. The topological polar surface area (TPSA) is 178 Å². The molecule has 0 saturated carbocycles. The van der Waals surface area contributed by atoms with Crippen LogP contribution in [0.4, 0.5) is 5.69 Å². The van der Waals surface area contributed by atoms with E-state index >= 15 is 0 Å². The number of benzene rings is 3. The van der Waals surface area contributed by atoms with Gasteiger partial charge in [-0.25, -0.2) is 4.98 Å². The Morgan fingerprint density at radius 3 is 2.53 bits per heavy atom.